The third kappa shape index (κ3) is 2.79. The zero-order chi connectivity index (χ0) is 15.7. The molecule has 2 aromatic rings. The Hall–Kier alpha value is -2.07. The molecule has 22 heavy (non-hydrogen) atoms. The largest absolute Gasteiger partial charge is 0.481 e. The number of carbonyl (C=O) groups is 1. The van der Waals surface area contributed by atoms with Gasteiger partial charge in [0.2, 0.25) is 0 Å². The summed E-state index contributed by atoms with van der Waals surface area (Å²) < 4.78 is 18.7. The Kier molecular flexibility index (Phi) is 4.03. The predicted octanol–water partition coefficient (Wildman–Crippen LogP) is 3.84. The lowest BCUT2D eigenvalue weighted by molar-refractivity contribution is -0.124. The highest BCUT2D eigenvalue weighted by Gasteiger charge is 2.28. The fraction of sp³-hybridized carbons (Fsp3) is 0.235. The first kappa shape index (κ1) is 14.9. The fourth-order valence-electron chi connectivity index (χ4n) is 2.59. The average molecular weight is 320 g/mol. The van der Waals surface area contributed by atoms with Gasteiger partial charge < -0.3 is 9.64 Å². The molecule has 5 heteroatoms. The molecule has 3 rings (SSSR count). The quantitative estimate of drug-likeness (QED) is 0.860. The Labute approximate surface area is 133 Å². The van der Waals surface area contributed by atoms with Gasteiger partial charge in [-0.25, -0.2) is 4.39 Å². The highest BCUT2D eigenvalue weighted by molar-refractivity contribution is 6.30. The summed E-state index contributed by atoms with van der Waals surface area (Å²) in [5.74, 6) is -0.258. The van der Waals surface area contributed by atoms with Gasteiger partial charge in [-0.15, -0.1) is 0 Å². The van der Waals surface area contributed by atoms with Gasteiger partial charge in [0.25, 0.3) is 5.91 Å². The van der Waals surface area contributed by atoms with Gasteiger partial charge in [0.05, 0.1) is 5.02 Å². The lowest BCUT2D eigenvalue weighted by Gasteiger charge is -2.22. The van der Waals surface area contributed by atoms with Gasteiger partial charge >= 0.3 is 0 Å². The van der Waals surface area contributed by atoms with Gasteiger partial charge in [-0.3, -0.25) is 4.79 Å². The van der Waals surface area contributed by atoms with E-state index in [2.05, 4.69) is 0 Å². The monoisotopic (exact) mass is 319 g/mol. The number of carbonyl (C=O) groups excluding carboxylic acids is 1. The maximum absolute atomic E-state index is 13.1. The van der Waals surface area contributed by atoms with Gasteiger partial charge in [-0.05, 0) is 37.1 Å². The molecule has 0 spiro atoms. The molecule has 0 bridgehead atoms. The molecule has 3 nitrogen and oxygen atoms in total. The topological polar surface area (TPSA) is 29.5 Å². The van der Waals surface area contributed by atoms with Crippen molar-refractivity contribution in [2.45, 2.75) is 19.4 Å². The first-order valence-corrected chi connectivity index (χ1v) is 7.45. The number of ether oxygens (including phenoxy) is 1. The van der Waals surface area contributed by atoms with E-state index < -0.39 is 11.9 Å². The van der Waals surface area contributed by atoms with Gasteiger partial charge in [-0.2, -0.15) is 0 Å². The van der Waals surface area contributed by atoms with E-state index in [9.17, 15) is 9.18 Å². The number of nitrogens with zero attached hydrogens (tertiary/aromatic N) is 1. The first-order chi connectivity index (χ1) is 10.6. The van der Waals surface area contributed by atoms with E-state index in [1.54, 1.807) is 11.8 Å². The second kappa shape index (κ2) is 5.97. The van der Waals surface area contributed by atoms with Crippen LogP contribution in [-0.2, 0) is 11.2 Å². The molecular weight excluding hydrogens is 305 g/mol. The van der Waals surface area contributed by atoms with Crippen molar-refractivity contribution in [3.05, 3.63) is 58.9 Å². The molecule has 2 aromatic carbocycles. The van der Waals surface area contributed by atoms with E-state index >= 15 is 0 Å². The number of halogens is 2. The van der Waals surface area contributed by atoms with Gasteiger partial charge in [0.1, 0.15) is 11.6 Å². The van der Waals surface area contributed by atoms with E-state index in [0.717, 1.165) is 17.7 Å². The summed E-state index contributed by atoms with van der Waals surface area (Å²) in [6.07, 6.45) is 0.171. The van der Waals surface area contributed by atoms with Gasteiger partial charge in [-0.1, -0.05) is 29.8 Å². The summed E-state index contributed by atoms with van der Waals surface area (Å²) in [6, 6.07) is 11.9. The van der Waals surface area contributed by atoms with Crippen molar-refractivity contribution >= 4 is 23.2 Å². The van der Waals surface area contributed by atoms with Crippen molar-refractivity contribution in [1.29, 1.82) is 0 Å². The number of benzene rings is 2. The molecule has 1 aliphatic rings. The molecule has 0 fully saturated rings. The Balaban J connectivity index is 1.74. The van der Waals surface area contributed by atoms with Crippen LogP contribution >= 0.6 is 11.6 Å². The standard InChI is InChI=1S/C17H15ClFNO2/c1-11(22-13-6-7-15(19)14(18)10-13)17(21)20-9-8-12-4-2-3-5-16(12)20/h2-7,10-11H,8-9H2,1H3/t11-/m0/s1. The molecule has 0 aromatic heterocycles. The summed E-state index contributed by atoms with van der Waals surface area (Å²) >= 11 is 5.72. The molecule has 0 unspecified atom stereocenters. The van der Waals surface area contributed by atoms with Crippen molar-refractivity contribution in [2.24, 2.45) is 0 Å². The molecule has 1 amide bonds. The molecule has 0 saturated heterocycles. The van der Waals surface area contributed by atoms with Crippen molar-refractivity contribution in [2.75, 3.05) is 11.4 Å². The Morgan fingerprint density at radius 3 is 2.86 bits per heavy atom. The fourth-order valence-corrected chi connectivity index (χ4v) is 2.76. The second-order valence-corrected chi connectivity index (χ2v) is 5.61. The van der Waals surface area contributed by atoms with Crippen molar-refractivity contribution < 1.29 is 13.9 Å². The summed E-state index contributed by atoms with van der Waals surface area (Å²) in [5, 5.41) is -0.0244. The molecule has 0 aliphatic carbocycles. The third-order valence-corrected chi connectivity index (χ3v) is 3.99. The molecule has 1 aliphatic heterocycles. The van der Waals surface area contributed by atoms with Crippen molar-refractivity contribution in [3.8, 4) is 5.75 Å². The number of hydrogen-bond acceptors (Lipinski definition) is 2. The van der Waals surface area contributed by atoms with Crippen molar-refractivity contribution in [3.63, 3.8) is 0 Å². The minimum absolute atomic E-state index is 0.0244. The minimum Gasteiger partial charge on any atom is -0.481 e. The second-order valence-electron chi connectivity index (χ2n) is 5.20. The van der Waals surface area contributed by atoms with Crippen LogP contribution in [0.25, 0.3) is 0 Å². The van der Waals surface area contributed by atoms with Crippen LogP contribution < -0.4 is 9.64 Å². The van der Waals surface area contributed by atoms with E-state index in [1.807, 2.05) is 24.3 Å². The molecule has 1 heterocycles. The number of anilines is 1. The van der Waals surface area contributed by atoms with Gasteiger partial charge in [0.15, 0.2) is 6.10 Å². The maximum atomic E-state index is 13.1. The Bertz CT molecular complexity index is 720. The highest BCUT2D eigenvalue weighted by Crippen LogP contribution is 2.29. The van der Waals surface area contributed by atoms with Crippen LogP contribution in [0.1, 0.15) is 12.5 Å². The zero-order valence-electron chi connectivity index (χ0n) is 12.1. The van der Waals surface area contributed by atoms with Crippen LogP contribution in [-0.4, -0.2) is 18.6 Å². The molecular formula is C17H15ClFNO2. The molecule has 0 saturated carbocycles. The third-order valence-electron chi connectivity index (χ3n) is 3.70. The number of amides is 1. The van der Waals surface area contributed by atoms with Crippen LogP contribution in [0.5, 0.6) is 5.75 Å². The highest BCUT2D eigenvalue weighted by atomic mass is 35.5. The smallest absolute Gasteiger partial charge is 0.267 e. The zero-order valence-corrected chi connectivity index (χ0v) is 12.8. The van der Waals surface area contributed by atoms with E-state index in [1.165, 1.54) is 18.2 Å². The molecule has 0 radical (unpaired) electrons. The summed E-state index contributed by atoms with van der Waals surface area (Å²) in [5.41, 5.74) is 2.09. The summed E-state index contributed by atoms with van der Waals surface area (Å²) in [7, 11) is 0. The Morgan fingerprint density at radius 2 is 2.09 bits per heavy atom. The number of para-hydroxylation sites is 1. The lowest BCUT2D eigenvalue weighted by Crippen LogP contribution is -2.39. The van der Waals surface area contributed by atoms with Gasteiger partial charge in [0, 0.05) is 18.3 Å². The minimum atomic E-state index is -0.673. The van der Waals surface area contributed by atoms with E-state index in [0.29, 0.717) is 12.3 Å². The predicted molar refractivity (Wildman–Crippen MR) is 84.0 cm³/mol. The lowest BCUT2D eigenvalue weighted by atomic mass is 10.2. The number of fused-ring (bicyclic) bond motifs is 1. The van der Waals surface area contributed by atoms with Crippen LogP contribution in [0.2, 0.25) is 5.02 Å². The molecule has 1 atom stereocenters. The first-order valence-electron chi connectivity index (χ1n) is 7.07. The number of rotatable bonds is 3. The molecule has 114 valence electrons. The van der Waals surface area contributed by atoms with Crippen LogP contribution in [0, 0.1) is 5.82 Å². The normalized spacial score (nSPS) is 14.6. The van der Waals surface area contributed by atoms with Crippen LogP contribution in [0.15, 0.2) is 42.5 Å². The summed E-state index contributed by atoms with van der Waals surface area (Å²) in [4.78, 5) is 14.3. The Morgan fingerprint density at radius 1 is 1.32 bits per heavy atom. The van der Waals surface area contributed by atoms with Crippen LogP contribution in [0.3, 0.4) is 0 Å². The van der Waals surface area contributed by atoms with Crippen molar-refractivity contribution in [1.82, 2.24) is 0 Å². The average Bonchev–Trinajstić information content (AvgIpc) is 2.94. The maximum Gasteiger partial charge on any atom is 0.267 e. The van der Waals surface area contributed by atoms with E-state index in [-0.39, 0.29) is 10.9 Å². The van der Waals surface area contributed by atoms with E-state index in [4.69, 9.17) is 16.3 Å². The molecule has 0 N–H and O–H groups in total. The number of hydrogen-bond donors (Lipinski definition) is 0. The SMILES string of the molecule is C[C@H](Oc1ccc(F)c(Cl)c1)C(=O)N1CCc2ccccc21. The van der Waals surface area contributed by atoms with Crippen LogP contribution in [0.4, 0.5) is 10.1 Å². The summed E-state index contributed by atoms with van der Waals surface area (Å²) in [6.45, 7) is 2.33.